The molecular weight excluding hydrogens is 372 g/mol. The van der Waals surface area contributed by atoms with Crippen molar-refractivity contribution in [2.24, 2.45) is 0 Å². The molecule has 0 spiro atoms. The molecule has 0 saturated carbocycles. The predicted octanol–water partition coefficient (Wildman–Crippen LogP) is 1.30. The van der Waals surface area contributed by atoms with Crippen molar-refractivity contribution in [1.82, 2.24) is 0 Å². The molecule has 3 N–H and O–H groups in total. The first-order valence-electron chi connectivity index (χ1n) is 8.54. The molecular formula is C18H20ClN4O4+. The van der Waals surface area contributed by atoms with E-state index < -0.39 is 4.92 Å². The molecule has 0 aromatic heterocycles. The van der Waals surface area contributed by atoms with Crippen molar-refractivity contribution in [3.8, 4) is 5.75 Å². The molecule has 3 rings (SSSR count). The Bertz CT molecular complexity index is 836. The standard InChI is InChI=1S/C18H19ClN4O4/c19-13-1-6-17(23(26)27)16(11-13)20-18(25)12-21-7-9-22(10-8-21)14-2-4-15(24)5-3-14/h1-6,11,24H,7-10,12H2,(H,20,25)/p+1. The van der Waals surface area contributed by atoms with Gasteiger partial charge >= 0.3 is 0 Å². The number of halogens is 1. The second-order valence-corrected chi connectivity index (χ2v) is 6.83. The van der Waals surface area contributed by atoms with Crippen molar-refractivity contribution in [3.63, 3.8) is 0 Å². The first-order valence-corrected chi connectivity index (χ1v) is 8.91. The van der Waals surface area contributed by atoms with Gasteiger partial charge in [-0.1, -0.05) is 11.6 Å². The third-order valence-electron chi connectivity index (χ3n) is 4.53. The van der Waals surface area contributed by atoms with Crippen molar-refractivity contribution in [1.29, 1.82) is 0 Å². The van der Waals surface area contributed by atoms with Gasteiger partial charge in [-0.3, -0.25) is 14.9 Å². The van der Waals surface area contributed by atoms with Crippen molar-refractivity contribution >= 4 is 34.6 Å². The molecule has 9 heteroatoms. The van der Waals surface area contributed by atoms with E-state index in [-0.39, 0.29) is 29.6 Å². The van der Waals surface area contributed by atoms with Crippen LogP contribution in [0.5, 0.6) is 5.75 Å². The minimum Gasteiger partial charge on any atom is -0.508 e. The van der Waals surface area contributed by atoms with Gasteiger partial charge in [0.15, 0.2) is 6.54 Å². The van der Waals surface area contributed by atoms with Gasteiger partial charge in [0.25, 0.3) is 11.6 Å². The topological polar surface area (TPSA) is 100 Å². The number of carbonyl (C=O) groups is 1. The summed E-state index contributed by atoms with van der Waals surface area (Å²) in [6, 6.07) is 11.1. The average Bonchev–Trinajstić information content (AvgIpc) is 2.63. The van der Waals surface area contributed by atoms with Crippen LogP contribution in [-0.4, -0.2) is 48.7 Å². The minimum absolute atomic E-state index is 0.111. The fourth-order valence-electron chi connectivity index (χ4n) is 3.11. The van der Waals surface area contributed by atoms with E-state index in [4.69, 9.17) is 11.6 Å². The molecule has 2 aromatic carbocycles. The van der Waals surface area contributed by atoms with E-state index in [1.165, 1.54) is 18.2 Å². The molecule has 2 aromatic rings. The third-order valence-corrected chi connectivity index (χ3v) is 4.76. The van der Waals surface area contributed by atoms with Gasteiger partial charge in [-0.2, -0.15) is 0 Å². The van der Waals surface area contributed by atoms with Crippen LogP contribution in [0, 0.1) is 10.1 Å². The molecule has 1 fully saturated rings. The Morgan fingerprint density at radius 2 is 1.89 bits per heavy atom. The van der Waals surface area contributed by atoms with Gasteiger partial charge < -0.3 is 20.2 Å². The lowest BCUT2D eigenvalue weighted by molar-refractivity contribution is -0.892. The van der Waals surface area contributed by atoms with Gasteiger partial charge in [0.1, 0.15) is 11.4 Å². The van der Waals surface area contributed by atoms with E-state index in [9.17, 15) is 20.0 Å². The molecule has 1 heterocycles. The number of piperazine rings is 1. The van der Waals surface area contributed by atoms with Crippen LogP contribution in [0.1, 0.15) is 0 Å². The third kappa shape index (κ3) is 4.87. The summed E-state index contributed by atoms with van der Waals surface area (Å²) >= 11 is 5.88. The fraction of sp³-hybridized carbons (Fsp3) is 0.278. The highest BCUT2D eigenvalue weighted by molar-refractivity contribution is 6.31. The minimum atomic E-state index is -0.546. The lowest BCUT2D eigenvalue weighted by Gasteiger charge is -2.33. The van der Waals surface area contributed by atoms with Crippen molar-refractivity contribution in [2.75, 3.05) is 42.9 Å². The second kappa shape index (κ2) is 8.24. The summed E-state index contributed by atoms with van der Waals surface area (Å²) in [5, 5.41) is 23.4. The number of phenols is 1. The van der Waals surface area contributed by atoms with Crippen LogP contribution in [0.25, 0.3) is 0 Å². The molecule has 0 atom stereocenters. The smallest absolute Gasteiger partial charge is 0.292 e. The summed E-state index contributed by atoms with van der Waals surface area (Å²) in [5.74, 6) is -0.0526. The summed E-state index contributed by atoms with van der Waals surface area (Å²) in [4.78, 5) is 26.2. The number of nitrogens with zero attached hydrogens (tertiary/aromatic N) is 2. The van der Waals surface area contributed by atoms with Gasteiger partial charge in [-0.25, -0.2) is 0 Å². The zero-order valence-corrected chi connectivity index (χ0v) is 15.3. The summed E-state index contributed by atoms with van der Waals surface area (Å²) in [6.07, 6.45) is 0. The zero-order chi connectivity index (χ0) is 19.4. The van der Waals surface area contributed by atoms with Crippen LogP contribution in [-0.2, 0) is 4.79 Å². The highest BCUT2D eigenvalue weighted by Gasteiger charge is 2.24. The summed E-state index contributed by atoms with van der Waals surface area (Å²) in [6.45, 7) is 3.33. The maximum Gasteiger partial charge on any atom is 0.292 e. The first kappa shape index (κ1) is 18.9. The number of carbonyl (C=O) groups excluding carboxylic acids is 1. The van der Waals surface area contributed by atoms with E-state index in [0.717, 1.165) is 36.8 Å². The van der Waals surface area contributed by atoms with E-state index in [2.05, 4.69) is 10.2 Å². The van der Waals surface area contributed by atoms with Gasteiger partial charge in [-0.15, -0.1) is 0 Å². The number of rotatable bonds is 5. The van der Waals surface area contributed by atoms with Crippen molar-refractivity contribution < 1.29 is 19.7 Å². The Morgan fingerprint density at radius 3 is 2.52 bits per heavy atom. The Balaban J connectivity index is 1.55. The summed E-state index contributed by atoms with van der Waals surface area (Å²) < 4.78 is 0. The van der Waals surface area contributed by atoms with Crippen LogP contribution in [0.4, 0.5) is 17.1 Å². The molecule has 8 nitrogen and oxygen atoms in total. The molecule has 1 aliphatic rings. The fourth-order valence-corrected chi connectivity index (χ4v) is 3.28. The molecule has 1 amide bonds. The Morgan fingerprint density at radius 1 is 1.22 bits per heavy atom. The summed E-state index contributed by atoms with van der Waals surface area (Å²) in [5.41, 5.74) is 0.963. The van der Waals surface area contributed by atoms with Crippen LogP contribution < -0.4 is 15.1 Å². The number of hydrogen-bond donors (Lipinski definition) is 3. The van der Waals surface area contributed by atoms with E-state index >= 15 is 0 Å². The van der Waals surface area contributed by atoms with E-state index in [0.29, 0.717) is 5.02 Å². The molecule has 1 saturated heterocycles. The van der Waals surface area contributed by atoms with Gasteiger partial charge in [0.05, 0.1) is 31.1 Å². The van der Waals surface area contributed by atoms with Crippen LogP contribution in [0.15, 0.2) is 42.5 Å². The first-order chi connectivity index (χ1) is 12.9. The SMILES string of the molecule is O=C(C[NH+]1CCN(c2ccc(O)cc2)CC1)Nc1cc(Cl)ccc1[N+](=O)[O-]. The highest BCUT2D eigenvalue weighted by atomic mass is 35.5. The number of quaternary nitrogens is 1. The highest BCUT2D eigenvalue weighted by Crippen LogP contribution is 2.27. The maximum atomic E-state index is 12.3. The maximum absolute atomic E-state index is 12.3. The van der Waals surface area contributed by atoms with E-state index in [1.54, 1.807) is 12.1 Å². The number of nitrogens with one attached hydrogen (secondary N) is 2. The normalized spacial score (nSPS) is 14.8. The van der Waals surface area contributed by atoms with Gasteiger partial charge in [-0.05, 0) is 36.4 Å². The molecule has 1 aliphatic heterocycles. The predicted molar refractivity (Wildman–Crippen MR) is 103 cm³/mol. The number of nitro groups is 1. The molecule has 142 valence electrons. The monoisotopic (exact) mass is 391 g/mol. The number of hydrogen-bond acceptors (Lipinski definition) is 5. The molecule has 27 heavy (non-hydrogen) atoms. The quantitative estimate of drug-likeness (QED) is 0.527. The Kier molecular flexibility index (Phi) is 5.78. The summed E-state index contributed by atoms with van der Waals surface area (Å²) in [7, 11) is 0. The molecule has 0 radical (unpaired) electrons. The van der Waals surface area contributed by atoms with Crippen LogP contribution in [0.2, 0.25) is 5.02 Å². The van der Waals surface area contributed by atoms with Gasteiger partial charge in [0, 0.05) is 16.8 Å². The molecule has 0 unspecified atom stereocenters. The number of phenolic OH excluding ortho intramolecular Hbond substituents is 1. The Labute approximate surface area is 161 Å². The van der Waals surface area contributed by atoms with Crippen molar-refractivity contribution in [2.45, 2.75) is 0 Å². The van der Waals surface area contributed by atoms with Crippen LogP contribution >= 0.6 is 11.6 Å². The van der Waals surface area contributed by atoms with Gasteiger partial charge in [0.2, 0.25) is 0 Å². The molecule has 0 bridgehead atoms. The number of nitro benzene ring substituents is 1. The van der Waals surface area contributed by atoms with Crippen LogP contribution in [0.3, 0.4) is 0 Å². The number of aromatic hydroxyl groups is 1. The number of benzene rings is 2. The number of amides is 1. The average molecular weight is 392 g/mol. The largest absolute Gasteiger partial charge is 0.508 e. The lowest BCUT2D eigenvalue weighted by Crippen LogP contribution is -3.15. The second-order valence-electron chi connectivity index (χ2n) is 6.40. The number of anilines is 2. The van der Waals surface area contributed by atoms with E-state index in [1.807, 2.05) is 12.1 Å². The molecule has 0 aliphatic carbocycles. The zero-order valence-electron chi connectivity index (χ0n) is 14.5. The Hall–Kier alpha value is -2.84. The lowest BCUT2D eigenvalue weighted by atomic mass is 10.2. The van der Waals surface area contributed by atoms with Crippen molar-refractivity contribution in [3.05, 3.63) is 57.6 Å².